The number of hydrogen-bond acceptors (Lipinski definition) is 2. The van der Waals surface area contributed by atoms with Crippen LogP contribution in [0.3, 0.4) is 0 Å². The molecule has 0 aromatic rings. The van der Waals surface area contributed by atoms with Crippen LogP contribution in [0, 0.1) is 0 Å². The minimum Gasteiger partial charge on any atom is -0.479 e. The second-order valence-electron chi connectivity index (χ2n) is 1.01. The second kappa shape index (κ2) is 7.91. The summed E-state index contributed by atoms with van der Waals surface area (Å²) in [6, 6.07) is 0. The van der Waals surface area contributed by atoms with E-state index in [1.54, 1.807) is 0 Å². The van der Waals surface area contributed by atoms with Crippen LogP contribution < -0.4 is 0 Å². The molecule has 0 heterocycles. The molecule has 8 heavy (non-hydrogen) atoms. The summed E-state index contributed by atoms with van der Waals surface area (Å²) in [5.74, 6) is -1.19. The van der Waals surface area contributed by atoms with E-state index in [9.17, 15) is 4.79 Å². The number of aliphatic hydroxyl groups excluding tert-OH is 1. The van der Waals surface area contributed by atoms with Crippen LogP contribution in [-0.2, 0) is 49.6 Å². The molecule has 3 nitrogen and oxygen atoms in total. The Kier molecular flexibility index (Phi) is 15.8. The molecule has 2 radical (unpaired) electrons. The predicted molar refractivity (Wildman–Crippen MR) is 19.3 cm³/mol. The summed E-state index contributed by atoms with van der Waals surface area (Å²) in [7, 11) is 0. The number of rotatable bonds is 1. The number of hydrogen-bond donors (Lipinski definition) is 2. The van der Waals surface area contributed by atoms with Crippen molar-refractivity contribution in [2.45, 2.75) is 13.0 Å². The number of carboxylic acids is 1. The minimum atomic E-state index is -1.23. The molecular weight excluding hydrogens is 300 g/mol. The van der Waals surface area contributed by atoms with E-state index in [1.165, 1.54) is 6.92 Å². The van der Waals surface area contributed by atoms with Crippen LogP contribution in [0.2, 0.25) is 0 Å². The molecule has 0 saturated heterocycles. The Morgan fingerprint density at radius 1 is 1.50 bits per heavy atom. The standard InChI is InChI=1S/C3H6O3.2Ag/c1-2(4)3(5)6;;/h2,4H,1H3,(H,5,6);;. The molecule has 0 aliphatic rings. The average molecular weight is 306 g/mol. The fraction of sp³-hybridized carbons (Fsp3) is 0.667. The van der Waals surface area contributed by atoms with Crippen molar-refractivity contribution in [2.75, 3.05) is 0 Å². The van der Waals surface area contributed by atoms with Crippen molar-refractivity contribution in [3.63, 3.8) is 0 Å². The fourth-order valence-corrected chi connectivity index (χ4v) is 0. The van der Waals surface area contributed by atoms with Gasteiger partial charge in [0.15, 0.2) is 0 Å². The summed E-state index contributed by atoms with van der Waals surface area (Å²) in [6.45, 7) is 1.20. The fourth-order valence-electron chi connectivity index (χ4n) is 0. The Bertz CT molecular complexity index is 63.5. The Morgan fingerprint density at radius 3 is 1.62 bits per heavy atom. The van der Waals surface area contributed by atoms with Crippen LogP contribution in [-0.4, -0.2) is 22.3 Å². The molecule has 0 fully saturated rings. The quantitative estimate of drug-likeness (QED) is 0.639. The smallest absolute Gasteiger partial charge is 0.332 e. The number of carboxylic acid groups (broad SMARTS) is 1. The summed E-state index contributed by atoms with van der Waals surface area (Å²) < 4.78 is 0. The molecule has 0 aliphatic heterocycles. The van der Waals surface area contributed by atoms with Crippen molar-refractivity contribution in [1.29, 1.82) is 0 Å². The van der Waals surface area contributed by atoms with Gasteiger partial charge in [-0.1, -0.05) is 0 Å². The molecule has 0 amide bonds. The van der Waals surface area contributed by atoms with E-state index in [2.05, 4.69) is 0 Å². The average Bonchev–Trinajstić information content (AvgIpc) is 1.36. The van der Waals surface area contributed by atoms with Crippen LogP contribution in [0.15, 0.2) is 0 Å². The van der Waals surface area contributed by atoms with Gasteiger partial charge in [0.1, 0.15) is 6.10 Å². The van der Waals surface area contributed by atoms with Gasteiger partial charge in [0.05, 0.1) is 0 Å². The van der Waals surface area contributed by atoms with Gasteiger partial charge in [-0.25, -0.2) is 4.79 Å². The first-order valence-electron chi connectivity index (χ1n) is 1.55. The zero-order chi connectivity index (χ0) is 5.15. The molecule has 0 aromatic carbocycles. The molecule has 1 unspecified atom stereocenters. The molecule has 0 aliphatic carbocycles. The summed E-state index contributed by atoms with van der Waals surface area (Å²) in [4.78, 5) is 9.45. The van der Waals surface area contributed by atoms with Gasteiger partial charge in [-0.2, -0.15) is 0 Å². The van der Waals surface area contributed by atoms with E-state index in [0.29, 0.717) is 0 Å². The van der Waals surface area contributed by atoms with E-state index in [-0.39, 0.29) is 44.8 Å². The molecule has 1 atom stereocenters. The van der Waals surface area contributed by atoms with E-state index in [4.69, 9.17) is 10.2 Å². The van der Waals surface area contributed by atoms with E-state index < -0.39 is 12.1 Å². The number of carbonyl (C=O) groups is 1. The predicted octanol–water partition coefficient (Wildman–Crippen LogP) is -0.553. The van der Waals surface area contributed by atoms with E-state index in [1.807, 2.05) is 0 Å². The normalized spacial score (nSPS) is 10.2. The molecule has 0 bridgehead atoms. The van der Waals surface area contributed by atoms with Crippen LogP contribution in [0.1, 0.15) is 6.92 Å². The maximum absolute atomic E-state index is 9.45. The third kappa shape index (κ3) is 10.0. The van der Waals surface area contributed by atoms with E-state index in [0.717, 1.165) is 0 Å². The van der Waals surface area contributed by atoms with Crippen molar-refractivity contribution in [2.24, 2.45) is 0 Å². The topological polar surface area (TPSA) is 57.5 Å². The van der Waals surface area contributed by atoms with Crippen LogP contribution >= 0.6 is 0 Å². The maximum atomic E-state index is 9.45. The van der Waals surface area contributed by atoms with Crippen molar-refractivity contribution < 1.29 is 59.8 Å². The summed E-state index contributed by atoms with van der Waals surface area (Å²) in [5, 5.41) is 15.8. The van der Waals surface area contributed by atoms with Gasteiger partial charge in [-0.05, 0) is 6.92 Å². The monoisotopic (exact) mass is 304 g/mol. The molecular formula is C3H6Ag2O3. The molecule has 0 aromatic heterocycles. The van der Waals surface area contributed by atoms with Crippen LogP contribution in [0.5, 0.6) is 0 Å². The Hall–Kier alpha value is 0.911. The Morgan fingerprint density at radius 2 is 1.62 bits per heavy atom. The van der Waals surface area contributed by atoms with Crippen molar-refractivity contribution >= 4 is 5.97 Å². The van der Waals surface area contributed by atoms with Gasteiger partial charge in [0.2, 0.25) is 0 Å². The van der Waals surface area contributed by atoms with E-state index >= 15 is 0 Å². The third-order valence-electron chi connectivity index (χ3n) is 0.357. The van der Waals surface area contributed by atoms with Gasteiger partial charge < -0.3 is 10.2 Å². The molecule has 0 rings (SSSR count). The molecule has 58 valence electrons. The summed E-state index contributed by atoms with van der Waals surface area (Å²) >= 11 is 0. The maximum Gasteiger partial charge on any atom is 0.332 e. The number of aliphatic carboxylic acids is 1. The summed E-state index contributed by atoms with van der Waals surface area (Å²) in [6.07, 6.45) is -1.23. The minimum absolute atomic E-state index is 0. The molecule has 2 N–H and O–H groups in total. The van der Waals surface area contributed by atoms with Gasteiger partial charge >= 0.3 is 5.97 Å². The van der Waals surface area contributed by atoms with Gasteiger partial charge in [0, 0.05) is 44.8 Å². The third-order valence-corrected chi connectivity index (χ3v) is 0.357. The van der Waals surface area contributed by atoms with Crippen LogP contribution in [0.4, 0.5) is 0 Å². The molecule has 0 saturated carbocycles. The van der Waals surface area contributed by atoms with Crippen molar-refractivity contribution in [3.05, 3.63) is 0 Å². The summed E-state index contributed by atoms with van der Waals surface area (Å²) in [5.41, 5.74) is 0. The van der Waals surface area contributed by atoms with Crippen LogP contribution in [0.25, 0.3) is 0 Å². The first-order chi connectivity index (χ1) is 2.64. The molecule has 5 heteroatoms. The van der Waals surface area contributed by atoms with Crippen molar-refractivity contribution in [3.8, 4) is 0 Å². The van der Waals surface area contributed by atoms with Gasteiger partial charge in [-0.3, -0.25) is 0 Å². The Labute approximate surface area is 78.5 Å². The zero-order valence-corrected chi connectivity index (χ0v) is 6.95. The van der Waals surface area contributed by atoms with Crippen molar-refractivity contribution in [1.82, 2.24) is 0 Å². The first-order valence-corrected chi connectivity index (χ1v) is 1.55. The Balaban J connectivity index is -0.000000125. The van der Waals surface area contributed by atoms with Gasteiger partial charge in [0.25, 0.3) is 0 Å². The second-order valence-corrected chi connectivity index (χ2v) is 1.01. The molecule has 0 spiro atoms. The zero-order valence-electron chi connectivity index (χ0n) is 3.98. The van der Waals surface area contributed by atoms with Gasteiger partial charge in [-0.15, -0.1) is 0 Å². The number of aliphatic hydroxyl groups is 1. The first kappa shape index (κ1) is 16.0. The largest absolute Gasteiger partial charge is 0.479 e. The SMILES string of the molecule is CC(O)C(=O)O.[Ag].[Ag].